The van der Waals surface area contributed by atoms with Gasteiger partial charge in [0.1, 0.15) is 0 Å². The molecule has 1 aromatic carbocycles. The molecule has 0 aliphatic rings. The van der Waals surface area contributed by atoms with Gasteiger partial charge in [-0.15, -0.1) is 0 Å². The van der Waals surface area contributed by atoms with Crippen molar-refractivity contribution >= 4 is 39.5 Å². The van der Waals surface area contributed by atoms with Crippen LogP contribution in [0.5, 0.6) is 5.75 Å². The Hall–Kier alpha value is -0.220. The Kier molecular flexibility index (Phi) is 11.1. The summed E-state index contributed by atoms with van der Waals surface area (Å²) in [6.45, 7) is 6.49. The number of ether oxygens (including phenoxy) is 2. The number of benzene rings is 1. The molecule has 0 heterocycles. The molecule has 7 heteroatoms. The third-order valence-electron chi connectivity index (χ3n) is 3.26. The number of carbonyl (C=O) groups is 1. The van der Waals surface area contributed by atoms with E-state index in [-0.39, 0.29) is 28.2 Å². The molecule has 24 heavy (non-hydrogen) atoms. The van der Waals surface area contributed by atoms with E-state index in [2.05, 4.69) is 6.55 Å². The van der Waals surface area contributed by atoms with Crippen LogP contribution >= 0.6 is 19.4 Å². The minimum atomic E-state index is -1.96. The van der Waals surface area contributed by atoms with Crippen LogP contribution in [0, 0.1) is 0 Å². The van der Waals surface area contributed by atoms with Gasteiger partial charge < -0.3 is 0 Å². The van der Waals surface area contributed by atoms with Gasteiger partial charge in [-0.1, -0.05) is 6.55 Å². The molecule has 0 fully saturated rings. The molecule has 0 bridgehead atoms. The monoisotopic (exact) mass is 478 g/mol. The number of carbonyl (C=O) groups excluding carboxylic acids is 1. The van der Waals surface area contributed by atoms with Crippen molar-refractivity contribution in [3.05, 3.63) is 29.3 Å². The fourth-order valence-corrected chi connectivity index (χ4v) is 4.78. The molecule has 0 radical (unpaired) electrons. The number of hydrogen-bond acceptors (Lipinski definition) is 3. The van der Waals surface area contributed by atoms with Crippen LogP contribution in [0.3, 0.4) is 0 Å². The molecule has 0 spiro atoms. The van der Waals surface area contributed by atoms with Crippen molar-refractivity contribution in [2.45, 2.75) is 58.4 Å². The Morgan fingerprint density at radius 1 is 1.33 bits per heavy atom. The average molecular weight is 478 g/mol. The Morgan fingerprint density at radius 2 is 2.08 bits per heavy atom. The van der Waals surface area contributed by atoms with Gasteiger partial charge in [0, 0.05) is 0 Å². The van der Waals surface area contributed by atoms with Crippen LogP contribution < -0.4 is 4.74 Å². The maximum absolute atomic E-state index is 11.8. The summed E-state index contributed by atoms with van der Waals surface area (Å²) in [5, 5.41) is 0. The van der Waals surface area contributed by atoms with E-state index in [4.69, 9.17) is 28.9 Å². The molecule has 0 aromatic heterocycles. The first-order valence-corrected chi connectivity index (χ1v) is 16.1. The van der Waals surface area contributed by atoms with E-state index in [9.17, 15) is 4.79 Å². The van der Waals surface area contributed by atoms with Crippen LogP contribution in [0.4, 0.5) is 0 Å². The molecule has 0 atom stereocenters. The summed E-state index contributed by atoms with van der Waals surface area (Å²) in [5.74, 6) is 0.617. The van der Waals surface area contributed by atoms with Crippen molar-refractivity contribution < 1.29 is 27.8 Å². The number of halogens is 2. The summed E-state index contributed by atoms with van der Waals surface area (Å²) in [6, 6.07) is 7.02. The van der Waals surface area contributed by atoms with E-state index in [0.29, 0.717) is 6.42 Å². The SMILES string of the molecule is C[SiH2]CCCCC(=O)OCc1ccc(OC(C)C)c([CH]=[Ru]([Cl])[Cl])c1. The van der Waals surface area contributed by atoms with Crippen LogP contribution in [0.2, 0.25) is 12.6 Å². The number of hydrogen-bond donors (Lipinski definition) is 0. The molecule has 0 saturated carbocycles. The number of esters is 1. The van der Waals surface area contributed by atoms with E-state index < -0.39 is 13.5 Å². The Morgan fingerprint density at radius 3 is 2.71 bits per heavy atom. The van der Waals surface area contributed by atoms with Crippen LogP contribution in [-0.2, 0) is 29.7 Å². The molecule has 3 nitrogen and oxygen atoms in total. The first-order valence-electron chi connectivity index (χ1n) is 8.20. The van der Waals surface area contributed by atoms with Gasteiger partial charge in [0.05, 0.1) is 0 Å². The second-order valence-corrected chi connectivity index (χ2v) is 13.2. The molecule has 0 saturated heterocycles. The van der Waals surface area contributed by atoms with E-state index in [1.165, 1.54) is 6.04 Å². The van der Waals surface area contributed by atoms with Crippen molar-refractivity contribution in [3.8, 4) is 5.75 Å². The van der Waals surface area contributed by atoms with Gasteiger partial charge in [-0.05, 0) is 0 Å². The molecule has 0 amide bonds. The predicted octanol–water partition coefficient (Wildman–Crippen LogP) is 4.40. The number of rotatable bonds is 10. The number of unbranched alkanes of at least 4 members (excludes halogenated alkanes) is 1. The first-order chi connectivity index (χ1) is 11.4. The first kappa shape index (κ1) is 21.8. The fourth-order valence-electron chi connectivity index (χ4n) is 2.14. The molecular formula is C17H26Cl2O3RuSi. The molecule has 138 valence electrons. The summed E-state index contributed by atoms with van der Waals surface area (Å²) in [6.07, 6.45) is 2.63. The quantitative estimate of drug-likeness (QED) is 0.284. The molecule has 1 aromatic rings. The standard InChI is InChI=1S/C17H26O3Si.2ClH.Ru/c1-13(2)20-16-9-8-15(11-14(16)3)12-19-17(18)7-5-6-10-21-4;;;/h3,8-9,11,13H,5-7,10,12,21H2,1-2,4H3;2*1H;/q;;;+2/p-2. The molecule has 0 unspecified atom stereocenters. The molecule has 0 aliphatic heterocycles. The van der Waals surface area contributed by atoms with Gasteiger partial charge in [0.15, 0.2) is 0 Å². The van der Waals surface area contributed by atoms with Crippen molar-refractivity contribution in [2.24, 2.45) is 0 Å². The van der Waals surface area contributed by atoms with Crippen molar-refractivity contribution in [1.29, 1.82) is 0 Å². The zero-order valence-electron chi connectivity index (χ0n) is 14.5. The zero-order chi connectivity index (χ0) is 17.9. The van der Waals surface area contributed by atoms with Crippen molar-refractivity contribution in [2.75, 3.05) is 0 Å². The Balaban J connectivity index is 2.65. The fraction of sp³-hybridized carbons (Fsp3) is 0.529. The van der Waals surface area contributed by atoms with E-state index >= 15 is 0 Å². The third kappa shape index (κ3) is 9.31. The summed E-state index contributed by atoms with van der Waals surface area (Å²) in [7, 11) is 12.1. The van der Waals surface area contributed by atoms with Gasteiger partial charge in [-0.3, -0.25) is 0 Å². The molecule has 1 rings (SSSR count). The second-order valence-electron chi connectivity index (χ2n) is 5.82. The summed E-state index contributed by atoms with van der Waals surface area (Å²) < 4.78 is 13.0. The van der Waals surface area contributed by atoms with Crippen LogP contribution in [-0.4, -0.2) is 26.2 Å². The van der Waals surface area contributed by atoms with Crippen LogP contribution in [0.15, 0.2) is 18.2 Å². The van der Waals surface area contributed by atoms with E-state index in [1.54, 1.807) is 0 Å². The predicted molar refractivity (Wildman–Crippen MR) is 102 cm³/mol. The Labute approximate surface area is 160 Å². The van der Waals surface area contributed by atoms with E-state index in [0.717, 1.165) is 29.7 Å². The summed E-state index contributed by atoms with van der Waals surface area (Å²) in [4.78, 5) is 11.8. The molecule has 0 N–H and O–H groups in total. The zero-order valence-corrected chi connectivity index (χ0v) is 19.1. The van der Waals surface area contributed by atoms with Gasteiger partial charge in [-0.25, -0.2) is 0 Å². The van der Waals surface area contributed by atoms with Gasteiger partial charge >= 0.3 is 154 Å². The summed E-state index contributed by atoms with van der Waals surface area (Å²) in [5.41, 5.74) is 1.78. The van der Waals surface area contributed by atoms with Crippen molar-refractivity contribution in [1.82, 2.24) is 0 Å². The third-order valence-corrected chi connectivity index (χ3v) is 6.30. The minimum absolute atomic E-state index is 0.0679. The van der Waals surface area contributed by atoms with E-state index in [1.807, 2.05) is 36.7 Å². The summed E-state index contributed by atoms with van der Waals surface area (Å²) >= 11 is -1.96. The average Bonchev–Trinajstić information content (AvgIpc) is 2.51. The van der Waals surface area contributed by atoms with Gasteiger partial charge in [0.25, 0.3) is 0 Å². The van der Waals surface area contributed by atoms with Crippen LogP contribution in [0.1, 0.15) is 44.2 Å². The second kappa shape index (κ2) is 12.2. The van der Waals surface area contributed by atoms with Crippen LogP contribution in [0.25, 0.3) is 0 Å². The normalized spacial score (nSPS) is 11.8. The van der Waals surface area contributed by atoms with Crippen molar-refractivity contribution in [3.63, 3.8) is 0 Å². The molecular weight excluding hydrogens is 452 g/mol. The Bertz CT molecular complexity index is 561. The van der Waals surface area contributed by atoms with Gasteiger partial charge in [-0.2, -0.15) is 0 Å². The van der Waals surface area contributed by atoms with Gasteiger partial charge in [0.2, 0.25) is 0 Å². The molecule has 0 aliphatic carbocycles. The maximum atomic E-state index is 11.8. The topological polar surface area (TPSA) is 35.5 Å².